The SMILES string of the molecule is CN(C)C(=O)C(=O)CCc1ccc(F)cc1. The van der Waals surface area contributed by atoms with Crippen LogP contribution in [-0.2, 0) is 16.0 Å². The number of carbonyl (C=O) groups excluding carboxylic acids is 2. The molecule has 0 heterocycles. The van der Waals surface area contributed by atoms with Crippen molar-refractivity contribution in [2.24, 2.45) is 0 Å². The second-order valence-corrected chi connectivity index (χ2v) is 3.75. The van der Waals surface area contributed by atoms with Crippen LogP contribution in [0.4, 0.5) is 4.39 Å². The zero-order valence-corrected chi connectivity index (χ0v) is 9.37. The van der Waals surface area contributed by atoms with Crippen LogP contribution in [0.2, 0.25) is 0 Å². The number of Topliss-reactive ketones (excluding diaryl/α,β-unsaturated/α-hetero) is 1. The zero-order chi connectivity index (χ0) is 12.1. The first-order valence-electron chi connectivity index (χ1n) is 4.99. The van der Waals surface area contributed by atoms with Crippen LogP contribution in [-0.4, -0.2) is 30.7 Å². The third-order valence-electron chi connectivity index (χ3n) is 2.20. The second kappa shape index (κ2) is 5.39. The summed E-state index contributed by atoms with van der Waals surface area (Å²) < 4.78 is 12.6. The minimum Gasteiger partial charge on any atom is -0.342 e. The van der Waals surface area contributed by atoms with Crippen molar-refractivity contribution in [2.45, 2.75) is 12.8 Å². The van der Waals surface area contributed by atoms with Gasteiger partial charge in [-0.15, -0.1) is 0 Å². The summed E-state index contributed by atoms with van der Waals surface area (Å²) in [5, 5.41) is 0. The summed E-state index contributed by atoms with van der Waals surface area (Å²) in [7, 11) is 3.08. The molecule has 3 nitrogen and oxygen atoms in total. The predicted molar refractivity (Wildman–Crippen MR) is 58.4 cm³/mol. The van der Waals surface area contributed by atoms with Gasteiger partial charge in [0.1, 0.15) is 5.82 Å². The molecule has 0 aromatic heterocycles. The molecule has 0 spiro atoms. The number of likely N-dealkylation sites (N-methyl/N-ethyl adjacent to an activating group) is 1. The van der Waals surface area contributed by atoms with E-state index in [4.69, 9.17) is 0 Å². The van der Waals surface area contributed by atoms with E-state index in [0.717, 1.165) is 5.56 Å². The molecule has 0 aliphatic rings. The van der Waals surface area contributed by atoms with E-state index in [-0.39, 0.29) is 12.2 Å². The smallest absolute Gasteiger partial charge is 0.289 e. The number of nitrogens with zero attached hydrogens (tertiary/aromatic N) is 1. The molecule has 0 aliphatic heterocycles. The Balaban J connectivity index is 2.49. The lowest BCUT2D eigenvalue weighted by atomic mass is 10.1. The number of ketones is 1. The Hall–Kier alpha value is -1.71. The van der Waals surface area contributed by atoms with Gasteiger partial charge in [-0.3, -0.25) is 9.59 Å². The summed E-state index contributed by atoms with van der Waals surface area (Å²) >= 11 is 0. The number of rotatable bonds is 4. The maximum absolute atomic E-state index is 12.6. The second-order valence-electron chi connectivity index (χ2n) is 3.75. The first-order chi connectivity index (χ1) is 7.50. The Labute approximate surface area is 93.9 Å². The topological polar surface area (TPSA) is 37.4 Å². The van der Waals surface area contributed by atoms with E-state index in [1.807, 2.05) is 0 Å². The van der Waals surface area contributed by atoms with Crippen LogP contribution in [0.1, 0.15) is 12.0 Å². The quantitative estimate of drug-likeness (QED) is 0.724. The minimum atomic E-state index is -0.498. The number of aryl methyl sites for hydroxylation is 1. The van der Waals surface area contributed by atoms with Gasteiger partial charge in [-0.2, -0.15) is 0 Å². The van der Waals surface area contributed by atoms with Crippen molar-refractivity contribution in [2.75, 3.05) is 14.1 Å². The van der Waals surface area contributed by atoms with Gasteiger partial charge >= 0.3 is 0 Å². The molecule has 4 heteroatoms. The Kier molecular flexibility index (Phi) is 4.17. The Bertz CT molecular complexity index is 385. The molecular formula is C12H14FNO2. The van der Waals surface area contributed by atoms with Crippen molar-refractivity contribution in [1.82, 2.24) is 4.90 Å². The number of halogens is 1. The Morgan fingerprint density at radius 3 is 2.25 bits per heavy atom. The van der Waals surface area contributed by atoms with Gasteiger partial charge in [0.05, 0.1) is 0 Å². The summed E-state index contributed by atoms with van der Waals surface area (Å²) in [6.45, 7) is 0. The fourth-order valence-electron chi connectivity index (χ4n) is 1.27. The molecule has 0 fully saturated rings. The summed E-state index contributed by atoms with van der Waals surface area (Å²) in [5.41, 5.74) is 0.848. The number of hydrogen-bond donors (Lipinski definition) is 0. The predicted octanol–water partition coefficient (Wildman–Crippen LogP) is 1.42. The van der Waals surface area contributed by atoms with E-state index < -0.39 is 11.7 Å². The Morgan fingerprint density at radius 1 is 1.19 bits per heavy atom. The van der Waals surface area contributed by atoms with Gasteiger partial charge in [0.15, 0.2) is 0 Å². The van der Waals surface area contributed by atoms with Crippen LogP contribution >= 0.6 is 0 Å². The van der Waals surface area contributed by atoms with Gasteiger partial charge in [-0.25, -0.2) is 4.39 Å². The maximum atomic E-state index is 12.6. The number of benzene rings is 1. The normalized spacial score (nSPS) is 9.94. The van der Waals surface area contributed by atoms with Crippen LogP contribution in [0.5, 0.6) is 0 Å². The minimum absolute atomic E-state index is 0.155. The molecule has 1 aromatic rings. The molecule has 86 valence electrons. The summed E-state index contributed by atoms with van der Waals surface area (Å²) in [5.74, 6) is -1.23. The molecule has 1 aromatic carbocycles. The molecule has 0 radical (unpaired) electrons. The number of amides is 1. The van der Waals surface area contributed by atoms with E-state index >= 15 is 0 Å². The highest BCUT2D eigenvalue weighted by Gasteiger charge is 2.14. The third kappa shape index (κ3) is 3.46. The van der Waals surface area contributed by atoms with Crippen LogP contribution in [0.15, 0.2) is 24.3 Å². The van der Waals surface area contributed by atoms with Crippen molar-refractivity contribution in [3.8, 4) is 0 Å². The van der Waals surface area contributed by atoms with Crippen LogP contribution < -0.4 is 0 Å². The lowest BCUT2D eigenvalue weighted by molar-refractivity contribution is -0.142. The molecule has 0 unspecified atom stereocenters. The van der Waals surface area contributed by atoms with Crippen molar-refractivity contribution in [1.29, 1.82) is 0 Å². The van der Waals surface area contributed by atoms with Gasteiger partial charge in [0, 0.05) is 20.5 Å². The van der Waals surface area contributed by atoms with Crippen molar-refractivity contribution >= 4 is 11.7 Å². The van der Waals surface area contributed by atoms with Crippen LogP contribution in [0.3, 0.4) is 0 Å². The van der Waals surface area contributed by atoms with E-state index in [2.05, 4.69) is 0 Å². The average molecular weight is 223 g/mol. The van der Waals surface area contributed by atoms with Gasteiger partial charge in [0.2, 0.25) is 5.78 Å². The molecule has 0 bridgehead atoms. The van der Waals surface area contributed by atoms with Crippen molar-refractivity contribution < 1.29 is 14.0 Å². The Morgan fingerprint density at radius 2 is 1.75 bits per heavy atom. The number of hydrogen-bond acceptors (Lipinski definition) is 2. The molecule has 0 N–H and O–H groups in total. The highest BCUT2D eigenvalue weighted by molar-refractivity contribution is 6.35. The lowest BCUT2D eigenvalue weighted by Gasteiger charge is -2.08. The number of carbonyl (C=O) groups is 2. The monoisotopic (exact) mass is 223 g/mol. The molecule has 16 heavy (non-hydrogen) atoms. The summed E-state index contributed by atoms with van der Waals surface area (Å²) in [6.07, 6.45) is 0.612. The first-order valence-corrected chi connectivity index (χ1v) is 4.99. The fraction of sp³-hybridized carbons (Fsp3) is 0.333. The highest BCUT2D eigenvalue weighted by Crippen LogP contribution is 2.06. The van der Waals surface area contributed by atoms with E-state index in [0.29, 0.717) is 6.42 Å². The first kappa shape index (κ1) is 12.4. The fourth-order valence-corrected chi connectivity index (χ4v) is 1.27. The van der Waals surface area contributed by atoms with Crippen LogP contribution in [0.25, 0.3) is 0 Å². The van der Waals surface area contributed by atoms with E-state index in [9.17, 15) is 14.0 Å². The van der Waals surface area contributed by atoms with Gasteiger partial charge < -0.3 is 4.90 Å². The molecular weight excluding hydrogens is 209 g/mol. The lowest BCUT2D eigenvalue weighted by Crippen LogP contribution is -2.29. The molecule has 1 rings (SSSR count). The standard InChI is InChI=1S/C12H14FNO2/c1-14(2)12(16)11(15)8-5-9-3-6-10(13)7-4-9/h3-4,6-7H,5,8H2,1-2H3. The molecule has 0 aliphatic carbocycles. The van der Waals surface area contributed by atoms with Gasteiger partial charge in [-0.05, 0) is 24.1 Å². The highest BCUT2D eigenvalue weighted by atomic mass is 19.1. The molecule has 1 amide bonds. The summed E-state index contributed by atoms with van der Waals surface area (Å²) in [6, 6.07) is 5.91. The summed E-state index contributed by atoms with van der Waals surface area (Å²) in [4.78, 5) is 23.9. The molecule has 0 saturated carbocycles. The van der Waals surface area contributed by atoms with E-state index in [1.54, 1.807) is 12.1 Å². The largest absolute Gasteiger partial charge is 0.342 e. The van der Waals surface area contributed by atoms with Gasteiger partial charge in [-0.1, -0.05) is 12.1 Å². The molecule has 0 saturated heterocycles. The van der Waals surface area contributed by atoms with Crippen molar-refractivity contribution in [3.05, 3.63) is 35.6 Å². The van der Waals surface area contributed by atoms with Gasteiger partial charge in [0.25, 0.3) is 5.91 Å². The van der Waals surface area contributed by atoms with Crippen LogP contribution in [0, 0.1) is 5.82 Å². The third-order valence-corrected chi connectivity index (χ3v) is 2.20. The zero-order valence-electron chi connectivity index (χ0n) is 9.37. The molecule has 0 atom stereocenters. The van der Waals surface area contributed by atoms with Crippen molar-refractivity contribution in [3.63, 3.8) is 0 Å². The average Bonchev–Trinajstić information content (AvgIpc) is 2.26. The maximum Gasteiger partial charge on any atom is 0.289 e. The van der Waals surface area contributed by atoms with E-state index in [1.165, 1.54) is 31.1 Å².